The van der Waals surface area contributed by atoms with Gasteiger partial charge in [-0.3, -0.25) is 0 Å². The lowest BCUT2D eigenvalue weighted by molar-refractivity contribution is 0.156. The summed E-state index contributed by atoms with van der Waals surface area (Å²) in [5, 5.41) is 1.17. The molecule has 0 aliphatic heterocycles. The Hall–Kier alpha value is -1.28. The largest absolute Gasteiger partial charge is 0.459 e. The average molecular weight is 257 g/mol. The smallest absolute Gasteiger partial charge is 0.134 e. The van der Waals surface area contributed by atoms with E-state index in [0.717, 1.165) is 11.3 Å². The SMILES string of the molecule is Cc1ccc2oc(C(N)C3(C)CCCCC3)cc2c1. The van der Waals surface area contributed by atoms with Gasteiger partial charge >= 0.3 is 0 Å². The van der Waals surface area contributed by atoms with Crippen molar-refractivity contribution in [1.82, 2.24) is 0 Å². The molecule has 2 nitrogen and oxygen atoms in total. The monoisotopic (exact) mass is 257 g/mol. The Morgan fingerprint density at radius 1 is 1.16 bits per heavy atom. The van der Waals surface area contributed by atoms with Crippen LogP contribution in [-0.2, 0) is 0 Å². The normalized spacial score (nSPS) is 20.6. The van der Waals surface area contributed by atoms with Crippen LogP contribution in [0.25, 0.3) is 11.0 Å². The predicted octanol–water partition coefficient (Wildman–Crippen LogP) is 4.71. The van der Waals surface area contributed by atoms with Gasteiger partial charge in [-0.25, -0.2) is 0 Å². The van der Waals surface area contributed by atoms with E-state index in [9.17, 15) is 0 Å². The van der Waals surface area contributed by atoms with Crippen LogP contribution >= 0.6 is 0 Å². The Morgan fingerprint density at radius 2 is 1.89 bits per heavy atom. The van der Waals surface area contributed by atoms with Crippen LogP contribution in [-0.4, -0.2) is 0 Å². The van der Waals surface area contributed by atoms with Crippen LogP contribution in [0.5, 0.6) is 0 Å². The number of benzene rings is 1. The van der Waals surface area contributed by atoms with Crippen LogP contribution in [0, 0.1) is 12.3 Å². The number of rotatable bonds is 2. The van der Waals surface area contributed by atoms with Gasteiger partial charge in [-0.05, 0) is 43.4 Å². The highest BCUT2D eigenvalue weighted by Gasteiger charge is 2.35. The molecule has 0 spiro atoms. The summed E-state index contributed by atoms with van der Waals surface area (Å²) in [6.07, 6.45) is 6.36. The first-order valence-electron chi connectivity index (χ1n) is 7.34. The molecule has 2 N–H and O–H groups in total. The molecule has 1 aromatic heterocycles. The van der Waals surface area contributed by atoms with Gasteiger partial charge in [0.1, 0.15) is 11.3 Å². The minimum absolute atomic E-state index is 0.0144. The second kappa shape index (κ2) is 4.68. The van der Waals surface area contributed by atoms with Crippen molar-refractivity contribution in [3.05, 3.63) is 35.6 Å². The third-order valence-electron chi connectivity index (χ3n) is 4.74. The molecule has 0 radical (unpaired) electrons. The number of hydrogen-bond acceptors (Lipinski definition) is 2. The predicted molar refractivity (Wildman–Crippen MR) is 79.1 cm³/mol. The highest BCUT2D eigenvalue weighted by atomic mass is 16.3. The van der Waals surface area contributed by atoms with E-state index >= 15 is 0 Å². The molecule has 2 heteroatoms. The Kier molecular flexibility index (Phi) is 3.14. The number of fused-ring (bicyclic) bond motifs is 1. The van der Waals surface area contributed by atoms with Crippen molar-refractivity contribution in [2.75, 3.05) is 0 Å². The topological polar surface area (TPSA) is 39.2 Å². The number of aryl methyl sites for hydroxylation is 1. The van der Waals surface area contributed by atoms with Crippen LogP contribution in [0.4, 0.5) is 0 Å². The molecular weight excluding hydrogens is 234 g/mol. The fraction of sp³-hybridized carbons (Fsp3) is 0.529. The molecule has 1 saturated carbocycles. The van der Waals surface area contributed by atoms with Gasteiger partial charge in [-0.1, -0.05) is 37.8 Å². The van der Waals surface area contributed by atoms with E-state index < -0.39 is 0 Å². The standard InChI is InChI=1S/C17H23NO/c1-12-6-7-14-13(10-12)11-15(19-14)16(18)17(2)8-4-3-5-9-17/h6-7,10-11,16H,3-5,8-9,18H2,1-2H3. The van der Waals surface area contributed by atoms with E-state index in [1.807, 2.05) is 6.07 Å². The summed E-state index contributed by atoms with van der Waals surface area (Å²) in [7, 11) is 0. The van der Waals surface area contributed by atoms with Gasteiger partial charge in [0.2, 0.25) is 0 Å². The van der Waals surface area contributed by atoms with Gasteiger partial charge in [0.05, 0.1) is 6.04 Å². The van der Waals surface area contributed by atoms with Gasteiger partial charge in [0.25, 0.3) is 0 Å². The maximum atomic E-state index is 6.51. The minimum Gasteiger partial charge on any atom is -0.459 e. The molecule has 2 aromatic rings. The van der Waals surface area contributed by atoms with Crippen molar-refractivity contribution in [2.24, 2.45) is 11.1 Å². The fourth-order valence-corrected chi connectivity index (χ4v) is 3.35. The zero-order valence-corrected chi connectivity index (χ0v) is 11.9. The number of hydrogen-bond donors (Lipinski definition) is 1. The summed E-state index contributed by atoms with van der Waals surface area (Å²) < 4.78 is 5.98. The molecule has 1 unspecified atom stereocenters. The Balaban J connectivity index is 1.94. The Morgan fingerprint density at radius 3 is 2.63 bits per heavy atom. The zero-order chi connectivity index (χ0) is 13.5. The summed E-state index contributed by atoms with van der Waals surface area (Å²) in [4.78, 5) is 0. The maximum absolute atomic E-state index is 6.51. The van der Waals surface area contributed by atoms with Gasteiger partial charge < -0.3 is 10.2 Å². The van der Waals surface area contributed by atoms with E-state index in [1.165, 1.54) is 43.1 Å². The van der Waals surface area contributed by atoms with Crippen LogP contribution in [0.2, 0.25) is 0 Å². The van der Waals surface area contributed by atoms with E-state index in [-0.39, 0.29) is 11.5 Å². The second-order valence-electron chi connectivity index (χ2n) is 6.38. The van der Waals surface area contributed by atoms with E-state index in [0.29, 0.717) is 0 Å². The van der Waals surface area contributed by atoms with Crippen LogP contribution in [0.15, 0.2) is 28.7 Å². The molecule has 1 fully saturated rings. The Bertz CT molecular complexity index is 578. The molecule has 102 valence electrons. The van der Waals surface area contributed by atoms with Crippen LogP contribution in [0.1, 0.15) is 56.4 Å². The first-order valence-corrected chi connectivity index (χ1v) is 7.34. The molecule has 19 heavy (non-hydrogen) atoms. The van der Waals surface area contributed by atoms with Crippen LogP contribution in [0.3, 0.4) is 0 Å². The van der Waals surface area contributed by atoms with Crippen LogP contribution < -0.4 is 5.73 Å². The maximum Gasteiger partial charge on any atom is 0.134 e. The van der Waals surface area contributed by atoms with Gasteiger partial charge in [0, 0.05) is 5.39 Å². The first kappa shape index (κ1) is 12.7. The lowest BCUT2D eigenvalue weighted by atomic mass is 9.70. The van der Waals surface area contributed by atoms with Gasteiger partial charge in [-0.2, -0.15) is 0 Å². The third-order valence-corrected chi connectivity index (χ3v) is 4.74. The summed E-state index contributed by atoms with van der Waals surface area (Å²) in [6, 6.07) is 8.44. The summed E-state index contributed by atoms with van der Waals surface area (Å²) >= 11 is 0. The molecule has 1 heterocycles. The molecular formula is C17H23NO. The molecule has 3 rings (SSSR count). The fourth-order valence-electron chi connectivity index (χ4n) is 3.35. The van der Waals surface area contributed by atoms with E-state index in [2.05, 4.69) is 32.0 Å². The average Bonchev–Trinajstić information content (AvgIpc) is 2.81. The molecule has 0 amide bonds. The van der Waals surface area contributed by atoms with Crippen molar-refractivity contribution >= 4 is 11.0 Å². The first-order chi connectivity index (χ1) is 9.08. The summed E-state index contributed by atoms with van der Waals surface area (Å²) in [5.74, 6) is 0.949. The van der Waals surface area contributed by atoms with Crippen molar-refractivity contribution in [3.8, 4) is 0 Å². The minimum atomic E-state index is 0.0144. The summed E-state index contributed by atoms with van der Waals surface area (Å²) in [5.41, 5.74) is 8.92. The van der Waals surface area contributed by atoms with E-state index in [4.69, 9.17) is 10.2 Å². The highest BCUT2D eigenvalue weighted by molar-refractivity contribution is 5.78. The van der Waals surface area contributed by atoms with Gasteiger partial charge in [-0.15, -0.1) is 0 Å². The van der Waals surface area contributed by atoms with E-state index in [1.54, 1.807) is 0 Å². The second-order valence-corrected chi connectivity index (χ2v) is 6.38. The van der Waals surface area contributed by atoms with Crippen molar-refractivity contribution in [1.29, 1.82) is 0 Å². The van der Waals surface area contributed by atoms with Crippen molar-refractivity contribution in [3.63, 3.8) is 0 Å². The number of furan rings is 1. The number of nitrogens with two attached hydrogens (primary N) is 1. The molecule has 0 bridgehead atoms. The van der Waals surface area contributed by atoms with Gasteiger partial charge in [0.15, 0.2) is 0 Å². The molecule has 1 aromatic carbocycles. The third kappa shape index (κ3) is 2.30. The Labute approximate surface area is 115 Å². The lowest BCUT2D eigenvalue weighted by Gasteiger charge is -2.37. The molecule has 1 atom stereocenters. The summed E-state index contributed by atoms with van der Waals surface area (Å²) in [6.45, 7) is 4.42. The highest BCUT2D eigenvalue weighted by Crippen LogP contribution is 2.45. The zero-order valence-electron chi connectivity index (χ0n) is 11.9. The molecule has 0 saturated heterocycles. The molecule has 1 aliphatic carbocycles. The van der Waals surface area contributed by atoms with Crippen molar-refractivity contribution in [2.45, 2.75) is 52.0 Å². The quantitative estimate of drug-likeness (QED) is 0.846. The molecule has 1 aliphatic rings. The van der Waals surface area contributed by atoms with Crippen molar-refractivity contribution < 1.29 is 4.42 Å². The lowest BCUT2D eigenvalue weighted by Crippen LogP contribution is -2.33.